The maximum Gasteiger partial charge on any atom is 0.0959 e. The van der Waals surface area contributed by atoms with Gasteiger partial charge in [-0.1, -0.05) is 33.8 Å². The van der Waals surface area contributed by atoms with Crippen molar-refractivity contribution in [1.29, 1.82) is 0 Å². The van der Waals surface area contributed by atoms with Crippen molar-refractivity contribution in [1.82, 2.24) is 4.98 Å². The number of hydrogen-bond acceptors (Lipinski definition) is 2. The smallest absolute Gasteiger partial charge is 0.0959 e. The van der Waals surface area contributed by atoms with Gasteiger partial charge in [-0.25, -0.2) is 4.98 Å². The molecule has 1 heterocycles. The first-order chi connectivity index (χ1) is 6.79. The molecule has 0 aliphatic rings. The third-order valence-electron chi connectivity index (χ3n) is 1.58. The molecule has 0 bridgehead atoms. The van der Waals surface area contributed by atoms with Crippen LogP contribution in [0.4, 0.5) is 0 Å². The second-order valence-corrected chi connectivity index (χ2v) is 4.31. The van der Waals surface area contributed by atoms with Gasteiger partial charge < -0.3 is 0 Å². The molecular formula is C12H21NS. The maximum atomic E-state index is 4.24. The minimum Gasteiger partial charge on any atom is -0.250 e. The van der Waals surface area contributed by atoms with Crippen LogP contribution >= 0.6 is 11.8 Å². The zero-order valence-electron chi connectivity index (χ0n) is 9.66. The number of nitrogens with zero attached hydrogens (tertiary/aromatic N) is 1. The van der Waals surface area contributed by atoms with Crippen molar-refractivity contribution in [3.05, 3.63) is 24.4 Å². The van der Waals surface area contributed by atoms with E-state index in [0.717, 1.165) is 10.9 Å². The Kier molecular flexibility index (Phi) is 8.75. The van der Waals surface area contributed by atoms with Crippen molar-refractivity contribution in [3.63, 3.8) is 0 Å². The van der Waals surface area contributed by atoms with Gasteiger partial charge in [0, 0.05) is 6.20 Å². The van der Waals surface area contributed by atoms with E-state index < -0.39 is 0 Å². The van der Waals surface area contributed by atoms with Gasteiger partial charge >= 0.3 is 0 Å². The first kappa shape index (κ1) is 13.5. The van der Waals surface area contributed by atoms with Gasteiger partial charge in [0.05, 0.1) is 5.03 Å². The minimum absolute atomic E-state index is 0.793. The van der Waals surface area contributed by atoms with Gasteiger partial charge in [0.15, 0.2) is 0 Å². The Hall–Kier alpha value is -0.500. The highest BCUT2D eigenvalue weighted by Crippen LogP contribution is 2.16. The van der Waals surface area contributed by atoms with Gasteiger partial charge in [0.25, 0.3) is 0 Å². The van der Waals surface area contributed by atoms with E-state index in [-0.39, 0.29) is 0 Å². The van der Waals surface area contributed by atoms with Crippen LogP contribution in [0, 0.1) is 5.92 Å². The predicted molar refractivity (Wildman–Crippen MR) is 65.8 cm³/mol. The van der Waals surface area contributed by atoms with Crippen molar-refractivity contribution in [2.75, 3.05) is 5.75 Å². The van der Waals surface area contributed by atoms with Crippen molar-refractivity contribution >= 4 is 11.8 Å². The second kappa shape index (κ2) is 9.07. The number of aromatic nitrogens is 1. The SMILES string of the molecule is CC.CC(C)CCSc1ccccn1. The van der Waals surface area contributed by atoms with E-state index in [0.29, 0.717) is 0 Å². The normalized spacial score (nSPS) is 9.50. The van der Waals surface area contributed by atoms with Gasteiger partial charge in [-0.3, -0.25) is 0 Å². The number of hydrogen-bond donors (Lipinski definition) is 0. The summed E-state index contributed by atoms with van der Waals surface area (Å²) in [5.74, 6) is 1.97. The van der Waals surface area contributed by atoms with Crippen LogP contribution in [0.2, 0.25) is 0 Å². The Balaban J connectivity index is 0.000000791. The molecule has 0 aromatic carbocycles. The Morgan fingerprint density at radius 1 is 1.29 bits per heavy atom. The lowest BCUT2D eigenvalue weighted by molar-refractivity contribution is 0.632. The van der Waals surface area contributed by atoms with Crippen LogP contribution in [0.25, 0.3) is 0 Å². The first-order valence-electron chi connectivity index (χ1n) is 5.33. The quantitative estimate of drug-likeness (QED) is 0.691. The maximum absolute atomic E-state index is 4.24. The number of thioether (sulfide) groups is 1. The summed E-state index contributed by atoms with van der Waals surface area (Å²) in [6.45, 7) is 8.50. The fourth-order valence-corrected chi connectivity index (χ4v) is 1.94. The van der Waals surface area contributed by atoms with Gasteiger partial charge in [0.2, 0.25) is 0 Å². The molecule has 0 saturated heterocycles. The predicted octanol–water partition coefficient (Wildman–Crippen LogP) is 4.25. The van der Waals surface area contributed by atoms with E-state index in [4.69, 9.17) is 0 Å². The molecule has 0 N–H and O–H groups in total. The highest BCUT2D eigenvalue weighted by molar-refractivity contribution is 7.99. The molecule has 1 aromatic heterocycles. The van der Waals surface area contributed by atoms with Gasteiger partial charge in [-0.15, -0.1) is 11.8 Å². The van der Waals surface area contributed by atoms with Crippen LogP contribution in [0.5, 0.6) is 0 Å². The van der Waals surface area contributed by atoms with Gasteiger partial charge in [0.1, 0.15) is 0 Å². The van der Waals surface area contributed by atoms with E-state index in [2.05, 4.69) is 24.9 Å². The van der Waals surface area contributed by atoms with E-state index in [1.807, 2.05) is 43.9 Å². The molecule has 0 fully saturated rings. The summed E-state index contributed by atoms with van der Waals surface area (Å²) in [6, 6.07) is 6.04. The van der Waals surface area contributed by atoms with Crippen LogP contribution in [-0.4, -0.2) is 10.7 Å². The molecule has 1 nitrogen and oxygen atoms in total. The zero-order chi connectivity index (χ0) is 10.8. The van der Waals surface area contributed by atoms with Crippen LogP contribution in [0.3, 0.4) is 0 Å². The van der Waals surface area contributed by atoms with Gasteiger partial charge in [-0.2, -0.15) is 0 Å². The summed E-state index contributed by atoms with van der Waals surface area (Å²) in [4.78, 5) is 4.24. The topological polar surface area (TPSA) is 12.9 Å². The summed E-state index contributed by atoms with van der Waals surface area (Å²) in [5, 5.41) is 1.14. The lowest BCUT2D eigenvalue weighted by Gasteiger charge is -2.02. The molecule has 0 aliphatic carbocycles. The van der Waals surface area contributed by atoms with Crippen LogP contribution < -0.4 is 0 Å². The van der Waals surface area contributed by atoms with E-state index >= 15 is 0 Å². The molecule has 0 unspecified atom stereocenters. The lowest BCUT2D eigenvalue weighted by Crippen LogP contribution is -1.89. The zero-order valence-corrected chi connectivity index (χ0v) is 10.5. The van der Waals surface area contributed by atoms with Crippen LogP contribution in [-0.2, 0) is 0 Å². The van der Waals surface area contributed by atoms with Crippen molar-refractivity contribution in [3.8, 4) is 0 Å². The first-order valence-corrected chi connectivity index (χ1v) is 6.31. The molecule has 1 rings (SSSR count). The summed E-state index contributed by atoms with van der Waals surface area (Å²) in [5.41, 5.74) is 0. The molecule has 0 spiro atoms. The molecule has 0 radical (unpaired) electrons. The summed E-state index contributed by atoms with van der Waals surface area (Å²) < 4.78 is 0. The highest BCUT2D eigenvalue weighted by Gasteiger charge is 1.96. The van der Waals surface area contributed by atoms with E-state index in [1.54, 1.807) is 0 Å². The van der Waals surface area contributed by atoms with Crippen LogP contribution in [0.15, 0.2) is 29.4 Å². The Labute approximate surface area is 92.3 Å². The molecule has 2 heteroatoms. The Morgan fingerprint density at radius 2 is 2.00 bits per heavy atom. The lowest BCUT2D eigenvalue weighted by atomic mass is 10.2. The van der Waals surface area contributed by atoms with Crippen molar-refractivity contribution in [2.24, 2.45) is 5.92 Å². The molecule has 0 aliphatic heterocycles. The average molecular weight is 211 g/mol. The molecule has 1 aromatic rings. The molecule has 0 saturated carbocycles. The third kappa shape index (κ3) is 6.96. The molecule has 0 atom stereocenters. The second-order valence-electron chi connectivity index (χ2n) is 3.20. The Bertz CT molecular complexity index is 209. The monoisotopic (exact) mass is 211 g/mol. The standard InChI is InChI=1S/C10H15NS.C2H6/c1-9(2)6-8-12-10-5-3-4-7-11-10;1-2/h3-5,7,9H,6,8H2,1-2H3;1-2H3. The summed E-state index contributed by atoms with van der Waals surface area (Å²) in [7, 11) is 0. The van der Waals surface area contributed by atoms with Crippen molar-refractivity contribution < 1.29 is 0 Å². The molecular weight excluding hydrogens is 190 g/mol. The fourth-order valence-electron chi connectivity index (χ4n) is 0.832. The molecule has 14 heavy (non-hydrogen) atoms. The van der Waals surface area contributed by atoms with E-state index in [9.17, 15) is 0 Å². The number of rotatable bonds is 4. The minimum atomic E-state index is 0.793. The van der Waals surface area contributed by atoms with Gasteiger partial charge in [-0.05, 0) is 30.2 Å². The fraction of sp³-hybridized carbons (Fsp3) is 0.583. The summed E-state index contributed by atoms with van der Waals surface area (Å²) in [6.07, 6.45) is 3.11. The summed E-state index contributed by atoms with van der Waals surface area (Å²) >= 11 is 1.84. The van der Waals surface area contributed by atoms with E-state index in [1.165, 1.54) is 12.2 Å². The third-order valence-corrected chi connectivity index (χ3v) is 2.56. The van der Waals surface area contributed by atoms with Crippen LogP contribution in [0.1, 0.15) is 34.1 Å². The average Bonchev–Trinajstić information content (AvgIpc) is 2.22. The largest absolute Gasteiger partial charge is 0.250 e. The molecule has 80 valence electrons. The Morgan fingerprint density at radius 3 is 2.50 bits per heavy atom. The number of pyridine rings is 1. The molecule has 0 amide bonds. The highest BCUT2D eigenvalue weighted by atomic mass is 32.2. The van der Waals surface area contributed by atoms with Crippen molar-refractivity contribution in [2.45, 2.75) is 39.1 Å².